The van der Waals surface area contributed by atoms with E-state index >= 15 is 0 Å². The average Bonchev–Trinajstić information content (AvgIpc) is 3.02. The molecule has 20 heavy (non-hydrogen) atoms. The maximum Gasteiger partial charge on any atom is 0.241 e. The fourth-order valence-electron chi connectivity index (χ4n) is 3.13. The summed E-state index contributed by atoms with van der Waals surface area (Å²) in [7, 11) is 0. The summed E-state index contributed by atoms with van der Waals surface area (Å²) in [5.74, 6) is 0.284. The van der Waals surface area contributed by atoms with Gasteiger partial charge in [-0.2, -0.15) is 11.8 Å². The number of nitrogens with one attached hydrogen (secondary N) is 1. The van der Waals surface area contributed by atoms with E-state index in [1.54, 1.807) is 11.3 Å². The van der Waals surface area contributed by atoms with Gasteiger partial charge in [0.25, 0.3) is 0 Å². The lowest BCUT2D eigenvalue weighted by Crippen LogP contribution is -2.47. The summed E-state index contributed by atoms with van der Waals surface area (Å²) in [5, 5.41) is 5.61. The number of thiophene rings is 1. The van der Waals surface area contributed by atoms with Crippen molar-refractivity contribution in [3.63, 3.8) is 0 Å². The highest BCUT2D eigenvalue weighted by atomic mass is 32.2. The smallest absolute Gasteiger partial charge is 0.241 e. The molecule has 2 unspecified atom stereocenters. The van der Waals surface area contributed by atoms with E-state index in [1.165, 1.54) is 24.1 Å². The Bertz CT molecular complexity index is 465. The maximum absolute atomic E-state index is 12.6. The molecule has 1 aromatic heterocycles. The monoisotopic (exact) mass is 310 g/mol. The van der Waals surface area contributed by atoms with Crippen molar-refractivity contribution >= 4 is 29.0 Å². The van der Waals surface area contributed by atoms with Crippen molar-refractivity contribution in [1.82, 2.24) is 10.2 Å². The number of hydrogen-bond donors (Lipinski definition) is 1. The zero-order valence-corrected chi connectivity index (χ0v) is 13.7. The Morgan fingerprint density at radius 1 is 1.55 bits per heavy atom. The molecule has 1 saturated heterocycles. The number of carbonyl (C=O) groups is 1. The Hall–Kier alpha value is -0.520. The fraction of sp³-hybridized carbons (Fsp3) is 0.667. The van der Waals surface area contributed by atoms with Crippen molar-refractivity contribution in [2.75, 3.05) is 12.8 Å². The maximum atomic E-state index is 12.6. The molecule has 3 rings (SSSR count). The van der Waals surface area contributed by atoms with Gasteiger partial charge in [0.05, 0.1) is 6.04 Å². The lowest BCUT2D eigenvalue weighted by molar-refractivity contribution is -0.130. The third kappa shape index (κ3) is 2.40. The second-order valence-electron chi connectivity index (χ2n) is 5.75. The molecule has 1 saturated carbocycles. The number of thioether (sulfide) groups is 1. The lowest BCUT2D eigenvalue weighted by atomic mass is 9.83. The van der Waals surface area contributed by atoms with Gasteiger partial charge in [0.15, 0.2) is 0 Å². The molecule has 2 fully saturated rings. The minimum atomic E-state index is -0.0129. The third-order valence-electron chi connectivity index (χ3n) is 4.63. The van der Waals surface area contributed by atoms with E-state index in [2.05, 4.69) is 40.9 Å². The summed E-state index contributed by atoms with van der Waals surface area (Å²) >= 11 is 3.67. The summed E-state index contributed by atoms with van der Waals surface area (Å²) < 4.78 is 0.301. The van der Waals surface area contributed by atoms with Crippen LogP contribution in [0.5, 0.6) is 0 Å². The first-order valence-corrected chi connectivity index (χ1v) is 9.44. The molecule has 5 heteroatoms. The van der Waals surface area contributed by atoms with Crippen LogP contribution in [0.15, 0.2) is 17.5 Å². The zero-order valence-electron chi connectivity index (χ0n) is 12.1. The molecule has 0 bridgehead atoms. The third-order valence-corrected chi connectivity index (χ3v) is 6.96. The zero-order chi connectivity index (χ0) is 14.2. The highest BCUT2D eigenvalue weighted by Crippen LogP contribution is 2.45. The van der Waals surface area contributed by atoms with Crippen molar-refractivity contribution in [3.8, 4) is 0 Å². The van der Waals surface area contributed by atoms with Crippen molar-refractivity contribution in [2.24, 2.45) is 0 Å². The summed E-state index contributed by atoms with van der Waals surface area (Å²) in [5.41, 5.74) is 0. The second kappa shape index (κ2) is 5.70. The van der Waals surface area contributed by atoms with Gasteiger partial charge >= 0.3 is 0 Å². The Labute approximate surface area is 129 Å². The molecule has 2 atom stereocenters. The molecule has 1 N–H and O–H groups in total. The number of amides is 1. The molecule has 0 spiro atoms. The molecule has 1 aliphatic carbocycles. The molecule has 1 aliphatic heterocycles. The molecule has 1 amide bonds. The summed E-state index contributed by atoms with van der Waals surface area (Å²) in [4.78, 5) is 16.0. The minimum Gasteiger partial charge on any atom is -0.319 e. The van der Waals surface area contributed by atoms with Gasteiger partial charge in [-0.25, -0.2) is 0 Å². The Morgan fingerprint density at radius 3 is 2.85 bits per heavy atom. The summed E-state index contributed by atoms with van der Waals surface area (Å²) in [6.07, 6.45) is 6.92. The Balaban J connectivity index is 1.82. The molecule has 3 nitrogen and oxygen atoms in total. The van der Waals surface area contributed by atoms with Gasteiger partial charge in [0.2, 0.25) is 5.91 Å². The van der Waals surface area contributed by atoms with Crippen LogP contribution in [0, 0.1) is 0 Å². The van der Waals surface area contributed by atoms with Crippen LogP contribution in [-0.4, -0.2) is 34.4 Å². The van der Waals surface area contributed by atoms with Crippen molar-refractivity contribution in [2.45, 2.75) is 49.6 Å². The molecular formula is C15H22N2OS2. The highest BCUT2D eigenvalue weighted by molar-refractivity contribution is 8.00. The van der Waals surface area contributed by atoms with E-state index < -0.39 is 0 Å². The number of nitrogens with zero attached hydrogens (tertiary/aromatic N) is 1. The first-order valence-electron chi connectivity index (χ1n) is 7.34. The van der Waals surface area contributed by atoms with Crippen LogP contribution >= 0.6 is 23.1 Å². The van der Waals surface area contributed by atoms with Gasteiger partial charge in [0.1, 0.15) is 6.17 Å². The molecule has 0 radical (unpaired) electrons. The SMILES string of the molecule is CCC1NC(c2cccs2)N(CC2(SC)CCC2)C1=O. The van der Waals surface area contributed by atoms with Crippen molar-refractivity contribution in [3.05, 3.63) is 22.4 Å². The molecule has 2 aliphatic rings. The highest BCUT2D eigenvalue weighted by Gasteiger charge is 2.45. The average molecular weight is 310 g/mol. The lowest BCUT2D eigenvalue weighted by Gasteiger charge is -2.44. The number of rotatable bonds is 5. The molecule has 2 heterocycles. The predicted molar refractivity (Wildman–Crippen MR) is 86.1 cm³/mol. The predicted octanol–water partition coefficient (Wildman–Crippen LogP) is 3.24. The molecular weight excluding hydrogens is 288 g/mol. The first-order chi connectivity index (χ1) is 9.69. The van der Waals surface area contributed by atoms with Crippen LogP contribution < -0.4 is 5.32 Å². The minimum absolute atomic E-state index is 0.0129. The normalized spacial score (nSPS) is 28.7. The molecule has 0 aromatic carbocycles. The van der Waals surface area contributed by atoms with Crippen LogP contribution in [0.25, 0.3) is 0 Å². The van der Waals surface area contributed by atoms with Crippen LogP contribution in [-0.2, 0) is 4.79 Å². The number of hydrogen-bond acceptors (Lipinski definition) is 4. The standard InChI is InChI=1S/C15H22N2OS2/c1-3-11-14(18)17(10-15(19-2)7-5-8-15)13(16-11)12-6-4-9-20-12/h4,6,9,11,13,16H,3,5,7-8,10H2,1-2H3. The van der Waals surface area contributed by atoms with E-state index in [9.17, 15) is 4.79 Å². The van der Waals surface area contributed by atoms with E-state index in [0.717, 1.165) is 13.0 Å². The van der Waals surface area contributed by atoms with E-state index in [4.69, 9.17) is 0 Å². The van der Waals surface area contributed by atoms with E-state index in [1.807, 2.05) is 11.8 Å². The van der Waals surface area contributed by atoms with Crippen LogP contribution in [0.4, 0.5) is 0 Å². The van der Waals surface area contributed by atoms with Gasteiger partial charge in [-0.15, -0.1) is 11.3 Å². The fourth-order valence-corrected chi connectivity index (χ4v) is 4.89. The van der Waals surface area contributed by atoms with Crippen molar-refractivity contribution < 1.29 is 4.79 Å². The van der Waals surface area contributed by atoms with Gasteiger partial charge < -0.3 is 4.90 Å². The Kier molecular flexibility index (Phi) is 4.11. The largest absolute Gasteiger partial charge is 0.319 e. The second-order valence-corrected chi connectivity index (χ2v) is 8.01. The van der Waals surface area contributed by atoms with Gasteiger partial charge in [-0.3, -0.25) is 10.1 Å². The van der Waals surface area contributed by atoms with E-state index in [0.29, 0.717) is 4.75 Å². The topological polar surface area (TPSA) is 32.3 Å². The quantitative estimate of drug-likeness (QED) is 0.906. The van der Waals surface area contributed by atoms with Crippen molar-refractivity contribution in [1.29, 1.82) is 0 Å². The summed E-state index contributed by atoms with van der Waals surface area (Å²) in [6, 6.07) is 4.19. The van der Waals surface area contributed by atoms with Crippen LogP contribution in [0.2, 0.25) is 0 Å². The van der Waals surface area contributed by atoms with Crippen LogP contribution in [0.3, 0.4) is 0 Å². The number of carbonyl (C=O) groups excluding carboxylic acids is 1. The van der Waals surface area contributed by atoms with Crippen LogP contribution in [0.1, 0.15) is 43.6 Å². The first kappa shape index (κ1) is 14.4. The Morgan fingerprint density at radius 2 is 2.35 bits per heavy atom. The van der Waals surface area contributed by atoms with Gasteiger partial charge in [0, 0.05) is 16.2 Å². The summed E-state index contributed by atoms with van der Waals surface area (Å²) in [6.45, 7) is 2.97. The van der Waals surface area contributed by atoms with Gasteiger partial charge in [-0.05, 0) is 37.0 Å². The van der Waals surface area contributed by atoms with E-state index in [-0.39, 0.29) is 18.1 Å². The molecule has 110 valence electrons. The van der Waals surface area contributed by atoms with Gasteiger partial charge in [-0.1, -0.05) is 19.4 Å². The molecule has 1 aromatic rings.